The van der Waals surface area contributed by atoms with E-state index in [1.807, 2.05) is 6.07 Å². The number of nitriles is 1. The summed E-state index contributed by atoms with van der Waals surface area (Å²) < 4.78 is 0. The van der Waals surface area contributed by atoms with Crippen molar-refractivity contribution in [2.75, 3.05) is 0 Å². The lowest BCUT2D eigenvalue weighted by Crippen LogP contribution is -1.98. The Balaban J connectivity index is 2.67. The van der Waals surface area contributed by atoms with Gasteiger partial charge >= 0.3 is 0 Å². The fraction of sp³-hybridized carbons (Fsp3) is 0.556. The number of ketones is 1. The monoisotopic (exact) mass is 149 g/mol. The first-order valence-corrected chi connectivity index (χ1v) is 3.96. The number of allylic oxidation sites excluding steroid dienone is 2. The lowest BCUT2D eigenvalue weighted by Gasteiger charge is -2.03. The molecular formula is C9H11NO. The van der Waals surface area contributed by atoms with Crippen LogP contribution >= 0.6 is 0 Å². The standard InChI is InChI=1S/C9H11NO/c10-7-8-4-2-1-3-5-9(11)6-8/h6H,1-5H2/b8-6+. The smallest absolute Gasteiger partial charge is 0.156 e. The van der Waals surface area contributed by atoms with E-state index in [1.165, 1.54) is 6.08 Å². The second-order valence-electron chi connectivity index (χ2n) is 2.81. The van der Waals surface area contributed by atoms with Crippen LogP contribution in [0.25, 0.3) is 0 Å². The Morgan fingerprint density at radius 1 is 1.27 bits per heavy atom. The van der Waals surface area contributed by atoms with Crippen molar-refractivity contribution in [1.82, 2.24) is 0 Å². The van der Waals surface area contributed by atoms with Crippen LogP contribution in [-0.4, -0.2) is 5.78 Å². The average Bonchev–Trinajstić information content (AvgIpc) is 1.96. The normalized spacial score (nSPS) is 24.3. The van der Waals surface area contributed by atoms with Gasteiger partial charge in [-0.1, -0.05) is 6.42 Å². The maximum Gasteiger partial charge on any atom is 0.156 e. The summed E-state index contributed by atoms with van der Waals surface area (Å²) in [4.78, 5) is 11.0. The van der Waals surface area contributed by atoms with E-state index in [9.17, 15) is 4.79 Å². The maximum atomic E-state index is 11.0. The maximum absolute atomic E-state index is 11.0. The van der Waals surface area contributed by atoms with Gasteiger partial charge in [0.05, 0.1) is 6.07 Å². The molecule has 11 heavy (non-hydrogen) atoms. The highest BCUT2D eigenvalue weighted by Gasteiger charge is 2.05. The highest BCUT2D eigenvalue weighted by molar-refractivity contribution is 5.90. The van der Waals surface area contributed by atoms with E-state index in [2.05, 4.69) is 0 Å². The molecule has 1 rings (SSSR count). The van der Waals surface area contributed by atoms with Crippen molar-refractivity contribution >= 4 is 5.78 Å². The highest BCUT2D eigenvalue weighted by atomic mass is 16.1. The van der Waals surface area contributed by atoms with Crippen molar-refractivity contribution in [2.45, 2.75) is 32.1 Å². The molecule has 0 fully saturated rings. The van der Waals surface area contributed by atoms with Crippen molar-refractivity contribution in [3.05, 3.63) is 11.6 Å². The third-order valence-corrected chi connectivity index (χ3v) is 1.85. The molecule has 0 spiro atoms. The molecule has 0 radical (unpaired) electrons. The Hall–Kier alpha value is -1.10. The third kappa shape index (κ3) is 2.55. The van der Waals surface area contributed by atoms with E-state index in [1.54, 1.807) is 0 Å². The van der Waals surface area contributed by atoms with Crippen LogP contribution in [0.1, 0.15) is 32.1 Å². The number of carbonyl (C=O) groups is 1. The molecule has 0 unspecified atom stereocenters. The average molecular weight is 149 g/mol. The largest absolute Gasteiger partial charge is 0.295 e. The first kappa shape index (κ1) is 8.00. The Bertz CT molecular complexity index is 222. The van der Waals surface area contributed by atoms with Crippen molar-refractivity contribution < 1.29 is 4.79 Å². The number of hydrogen-bond donors (Lipinski definition) is 0. The van der Waals surface area contributed by atoms with Gasteiger partial charge in [-0.05, 0) is 25.3 Å². The fourth-order valence-electron chi connectivity index (χ4n) is 1.22. The summed E-state index contributed by atoms with van der Waals surface area (Å²) in [6.45, 7) is 0. The van der Waals surface area contributed by atoms with Gasteiger partial charge in [0.2, 0.25) is 0 Å². The predicted octanol–water partition coefficient (Wildman–Crippen LogP) is 1.97. The van der Waals surface area contributed by atoms with Gasteiger partial charge in [-0.15, -0.1) is 0 Å². The predicted molar refractivity (Wildman–Crippen MR) is 41.8 cm³/mol. The Morgan fingerprint density at radius 3 is 2.73 bits per heavy atom. The molecule has 2 heteroatoms. The second-order valence-corrected chi connectivity index (χ2v) is 2.81. The summed E-state index contributed by atoms with van der Waals surface area (Å²) in [6.07, 6.45) is 6.00. The van der Waals surface area contributed by atoms with E-state index in [-0.39, 0.29) is 5.78 Å². The number of carbonyl (C=O) groups excluding carboxylic acids is 1. The summed E-state index contributed by atoms with van der Waals surface area (Å²) in [6, 6.07) is 2.04. The van der Waals surface area contributed by atoms with Crippen LogP contribution in [0.15, 0.2) is 11.6 Å². The van der Waals surface area contributed by atoms with E-state index in [0.29, 0.717) is 12.0 Å². The zero-order valence-electron chi connectivity index (χ0n) is 6.47. The fourth-order valence-corrected chi connectivity index (χ4v) is 1.22. The van der Waals surface area contributed by atoms with Crippen molar-refractivity contribution in [2.24, 2.45) is 0 Å². The zero-order valence-corrected chi connectivity index (χ0v) is 6.47. The van der Waals surface area contributed by atoms with Gasteiger partial charge in [-0.2, -0.15) is 5.26 Å². The summed E-state index contributed by atoms with van der Waals surface area (Å²) in [5.41, 5.74) is 0.648. The summed E-state index contributed by atoms with van der Waals surface area (Å²) in [5, 5.41) is 8.56. The number of rotatable bonds is 0. The van der Waals surface area contributed by atoms with Gasteiger partial charge < -0.3 is 0 Å². The minimum Gasteiger partial charge on any atom is -0.295 e. The number of nitrogens with zero attached hydrogens (tertiary/aromatic N) is 1. The van der Waals surface area contributed by atoms with Gasteiger partial charge in [0.1, 0.15) is 0 Å². The van der Waals surface area contributed by atoms with E-state index in [4.69, 9.17) is 5.26 Å². The van der Waals surface area contributed by atoms with Gasteiger partial charge in [-0.25, -0.2) is 0 Å². The van der Waals surface area contributed by atoms with Gasteiger partial charge in [-0.3, -0.25) is 4.79 Å². The molecule has 58 valence electrons. The van der Waals surface area contributed by atoms with Crippen LogP contribution in [0.4, 0.5) is 0 Å². The zero-order chi connectivity index (χ0) is 8.10. The lowest BCUT2D eigenvalue weighted by molar-refractivity contribution is -0.114. The highest BCUT2D eigenvalue weighted by Crippen LogP contribution is 2.14. The molecule has 0 bridgehead atoms. The molecule has 0 aromatic rings. The molecule has 0 aliphatic heterocycles. The Labute approximate surface area is 66.5 Å². The van der Waals surface area contributed by atoms with Gasteiger partial charge in [0.15, 0.2) is 5.78 Å². The minimum atomic E-state index is 0.112. The van der Waals surface area contributed by atoms with Crippen molar-refractivity contribution in [3.63, 3.8) is 0 Å². The van der Waals surface area contributed by atoms with Gasteiger partial charge in [0.25, 0.3) is 0 Å². The molecule has 0 saturated carbocycles. The summed E-state index contributed by atoms with van der Waals surface area (Å²) in [5.74, 6) is 0.112. The number of hydrogen-bond acceptors (Lipinski definition) is 2. The first-order chi connectivity index (χ1) is 5.33. The molecule has 0 N–H and O–H groups in total. The van der Waals surface area contributed by atoms with Gasteiger partial charge in [0, 0.05) is 12.0 Å². The molecule has 0 saturated heterocycles. The van der Waals surface area contributed by atoms with E-state index in [0.717, 1.165) is 25.7 Å². The summed E-state index contributed by atoms with van der Waals surface area (Å²) in [7, 11) is 0. The van der Waals surface area contributed by atoms with Crippen LogP contribution < -0.4 is 0 Å². The van der Waals surface area contributed by atoms with Crippen LogP contribution in [-0.2, 0) is 4.79 Å². The molecule has 0 aromatic heterocycles. The van der Waals surface area contributed by atoms with E-state index >= 15 is 0 Å². The molecule has 0 atom stereocenters. The third-order valence-electron chi connectivity index (χ3n) is 1.85. The second kappa shape index (κ2) is 3.92. The van der Waals surface area contributed by atoms with Crippen molar-refractivity contribution in [3.8, 4) is 6.07 Å². The first-order valence-electron chi connectivity index (χ1n) is 3.96. The quantitative estimate of drug-likeness (QED) is 0.528. The molecule has 0 heterocycles. The van der Waals surface area contributed by atoms with Crippen LogP contribution in [0, 0.1) is 11.3 Å². The minimum absolute atomic E-state index is 0.112. The molecule has 1 aliphatic carbocycles. The van der Waals surface area contributed by atoms with Crippen LogP contribution in [0.3, 0.4) is 0 Å². The Kier molecular flexibility index (Phi) is 2.85. The van der Waals surface area contributed by atoms with Crippen molar-refractivity contribution in [1.29, 1.82) is 5.26 Å². The summed E-state index contributed by atoms with van der Waals surface area (Å²) >= 11 is 0. The topological polar surface area (TPSA) is 40.9 Å². The molecule has 1 aliphatic rings. The molecular weight excluding hydrogens is 138 g/mol. The van der Waals surface area contributed by atoms with Crippen LogP contribution in [0.2, 0.25) is 0 Å². The molecule has 0 amide bonds. The Morgan fingerprint density at radius 2 is 2.00 bits per heavy atom. The molecule has 0 aromatic carbocycles. The molecule has 2 nitrogen and oxygen atoms in total. The SMILES string of the molecule is N#C/C1=C/C(=O)CCCCC1. The van der Waals surface area contributed by atoms with Crippen LogP contribution in [0.5, 0.6) is 0 Å². The van der Waals surface area contributed by atoms with E-state index < -0.39 is 0 Å². The lowest BCUT2D eigenvalue weighted by atomic mass is 10.0.